The number of nitrogens with zero attached hydrogens (tertiary/aromatic N) is 3. The molecular weight excluding hydrogens is 286 g/mol. The summed E-state index contributed by atoms with van der Waals surface area (Å²) in [6, 6.07) is 0.399. The average molecular weight is 307 g/mol. The van der Waals surface area contributed by atoms with Gasteiger partial charge < -0.3 is 10.0 Å². The van der Waals surface area contributed by atoms with E-state index in [0.29, 0.717) is 11.9 Å². The Morgan fingerprint density at radius 3 is 2.81 bits per heavy atom. The topological polar surface area (TPSA) is 57.8 Å². The number of aromatic nitrogens is 2. The smallest absolute Gasteiger partial charge is 0.356 e. The lowest BCUT2D eigenvalue weighted by atomic mass is 9.84. The third-order valence-electron chi connectivity index (χ3n) is 4.72. The van der Waals surface area contributed by atoms with Gasteiger partial charge in [0.05, 0.1) is 0 Å². The van der Waals surface area contributed by atoms with Crippen molar-refractivity contribution in [1.82, 2.24) is 9.38 Å². The maximum atomic E-state index is 11.6. The molecule has 5 nitrogen and oxygen atoms in total. The molecule has 0 aromatic carbocycles. The van der Waals surface area contributed by atoms with Gasteiger partial charge in [0.15, 0.2) is 16.5 Å². The van der Waals surface area contributed by atoms with E-state index in [4.69, 9.17) is 0 Å². The van der Waals surface area contributed by atoms with Crippen molar-refractivity contribution < 1.29 is 9.90 Å². The number of carbonyl (C=O) groups is 1. The summed E-state index contributed by atoms with van der Waals surface area (Å²) in [5, 5.41) is 11.4. The van der Waals surface area contributed by atoms with E-state index in [0.717, 1.165) is 23.7 Å². The number of anilines is 1. The molecule has 1 fully saturated rings. The number of rotatable bonds is 4. The molecule has 0 atom stereocenters. The minimum absolute atomic E-state index is 0.284. The van der Waals surface area contributed by atoms with Gasteiger partial charge in [-0.1, -0.05) is 13.3 Å². The number of carboxylic acid groups (broad SMARTS) is 1. The summed E-state index contributed by atoms with van der Waals surface area (Å²) in [6.07, 6.45) is 7.74. The molecule has 0 radical (unpaired) electrons. The Hall–Kier alpha value is -1.56. The predicted molar refractivity (Wildman–Crippen MR) is 84.5 cm³/mol. The second kappa shape index (κ2) is 5.67. The van der Waals surface area contributed by atoms with Gasteiger partial charge in [0.25, 0.3) is 0 Å². The lowest BCUT2D eigenvalue weighted by Gasteiger charge is -2.34. The second-order valence-electron chi connectivity index (χ2n) is 5.84. The molecule has 2 heterocycles. The maximum absolute atomic E-state index is 11.6. The minimum Gasteiger partial charge on any atom is -0.476 e. The first-order valence-corrected chi connectivity index (χ1v) is 8.41. The highest BCUT2D eigenvalue weighted by Gasteiger charge is 2.29. The van der Waals surface area contributed by atoms with Crippen molar-refractivity contribution in [3.8, 4) is 0 Å². The Bertz CT molecular complexity index is 640. The van der Waals surface area contributed by atoms with Crippen molar-refractivity contribution in [2.75, 3.05) is 11.9 Å². The molecule has 114 valence electrons. The van der Waals surface area contributed by atoms with Gasteiger partial charge in [0, 0.05) is 24.7 Å². The first-order chi connectivity index (χ1) is 10.1. The van der Waals surface area contributed by atoms with Crippen LogP contribution in [0.15, 0.2) is 11.6 Å². The van der Waals surface area contributed by atoms with E-state index in [-0.39, 0.29) is 5.69 Å². The van der Waals surface area contributed by atoms with E-state index < -0.39 is 5.97 Å². The van der Waals surface area contributed by atoms with E-state index >= 15 is 0 Å². The number of hydrogen-bond acceptors (Lipinski definition) is 4. The number of carboxylic acids is 1. The Labute approximate surface area is 128 Å². The van der Waals surface area contributed by atoms with Gasteiger partial charge in [-0.05, 0) is 31.6 Å². The van der Waals surface area contributed by atoms with E-state index in [1.54, 1.807) is 10.6 Å². The molecule has 6 heteroatoms. The van der Waals surface area contributed by atoms with Gasteiger partial charge in [-0.15, -0.1) is 11.3 Å². The van der Waals surface area contributed by atoms with Crippen LogP contribution in [0.5, 0.6) is 0 Å². The number of fused-ring (bicyclic) bond motifs is 1. The van der Waals surface area contributed by atoms with Crippen molar-refractivity contribution >= 4 is 28.1 Å². The Morgan fingerprint density at radius 1 is 1.48 bits per heavy atom. The van der Waals surface area contributed by atoms with Gasteiger partial charge in [-0.3, -0.25) is 4.40 Å². The molecule has 2 aromatic rings. The van der Waals surface area contributed by atoms with Crippen molar-refractivity contribution in [1.29, 1.82) is 0 Å². The summed E-state index contributed by atoms with van der Waals surface area (Å²) in [5.74, 6) is 0.526. The fraction of sp³-hybridized carbons (Fsp3) is 0.600. The zero-order valence-corrected chi connectivity index (χ0v) is 13.3. The summed E-state index contributed by atoms with van der Waals surface area (Å²) in [4.78, 5) is 19.0. The Morgan fingerprint density at radius 2 is 2.19 bits per heavy atom. The SMILES string of the molecule is CCC1CCC(N(C)c2nc3sccn3c2C(=O)O)CC1. The number of hydrogen-bond donors (Lipinski definition) is 1. The molecule has 21 heavy (non-hydrogen) atoms. The lowest BCUT2D eigenvalue weighted by molar-refractivity contribution is 0.0690. The van der Waals surface area contributed by atoms with Crippen LogP contribution in [-0.4, -0.2) is 33.6 Å². The highest BCUT2D eigenvalue weighted by molar-refractivity contribution is 7.15. The fourth-order valence-electron chi connectivity index (χ4n) is 3.33. The van der Waals surface area contributed by atoms with Crippen LogP contribution < -0.4 is 4.90 Å². The normalized spacial score (nSPS) is 22.6. The van der Waals surface area contributed by atoms with Crippen molar-refractivity contribution in [3.63, 3.8) is 0 Å². The van der Waals surface area contributed by atoms with Gasteiger partial charge >= 0.3 is 5.97 Å². The Kier molecular flexibility index (Phi) is 3.89. The molecular formula is C15H21N3O2S. The van der Waals surface area contributed by atoms with Crippen LogP contribution in [0, 0.1) is 5.92 Å². The quantitative estimate of drug-likeness (QED) is 0.939. The zero-order valence-electron chi connectivity index (χ0n) is 12.5. The first-order valence-electron chi connectivity index (χ1n) is 7.53. The average Bonchev–Trinajstić information content (AvgIpc) is 3.06. The molecule has 0 bridgehead atoms. The highest BCUT2D eigenvalue weighted by Crippen LogP contribution is 2.33. The lowest BCUT2D eigenvalue weighted by Crippen LogP contribution is -2.36. The maximum Gasteiger partial charge on any atom is 0.356 e. The Balaban J connectivity index is 1.87. The summed E-state index contributed by atoms with van der Waals surface area (Å²) in [5.41, 5.74) is 0.284. The van der Waals surface area contributed by atoms with E-state index in [1.165, 1.54) is 30.6 Å². The first kappa shape index (κ1) is 14.4. The molecule has 1 saturated carbocycles. The molecule has 1 N–H and O–H groups in total. The third-order valence-corrected chi connectivity index (χ3v) is 5.48. The number of aromatic carboxylic acids is 1. The molecule has 2 aromatic heterocycles. The van der Waals surface area contributed by atoms with E-state index in [2.05, 4.69) is 16.8 Å². The largest absolute Gasteiger partial charge is 0.476 e. The van der Waals surface area contributed by atoms with Gasteiger partial charge in [-0.2, -0.15) is 0 Å². The van der Waals surface area contributed by atoms with Crippen LogP contribution in [0.25, 0.3) is 4.96 Å². The zero-order chi connectivity index (χ0) is 15.0. The van der Waals surface area contributed by atoms with Crippen LogP contribution in [0.4, 0.5) is 5.82 Å². The molecule has 0 saturated heterocycles. The van der Waals surface area contributed by atoms with Gasteiger partial charge in [0.2, 0.25) is 0 Å². The molecule has 1 aliphatic rings. The van der Waals surface area contributed by atoms with Crippen molar-refractivity contribution in [2.24, 2.45) is 5.92 Å². The third kappa shape index (κ3) is 2.52. The molecule has 0 amide bonds. The number of thiazole rings is 1. The van der Waals surface area contributed by atoms with E-state index in [9.17, 15) is 9.90 Å². The number of imidazole rings is 1. The summed E-state index contributed by atoms with van der Waals surface area (Å²) in [6.45, 7) is 2.25. The van der Waals surface area contributed by atoms with Crippen LogP contribution in [0.2, 0.25) is 0 Å². The predicted octanol–water partition coefficient (Wildman–Crippen LogP) is 3.50. The van der Waals surface area contributed by atoms with E-state index in [1.807, 2.05) is 12.4 Å². The van der Waals surface area contributed by atoms with Crippen LogP contribution >= 0.6 is 11.3 Å². The standard InChI is InChI=1S/C15H21N3O2S/c1-3-10-4-6-11(7-5-10)17(2)13-12(14(19)20)18-8-9-21-15(18)16-13/h8-11H,3-7H2,1-2H3,(H,19,20). The van der Waals surface area contributed by atoms with Crippen molar-refractivity contribution in [2.45, 2.75) is 45.1 Å². The molecule has 0 spiro atoms. The summed E-state index contributed by atoms with van der Waals surface area (Å²) >= 11 is 1.47. The minimum atomic E-state index is -0.912. The molecule has 0 aliphatic heterocycles. The van der Waals surface area contributed by atoms with Crippen LogP contribution in [0.1, 0.15) is 49.5 Å². The monoisotopic (exact) mass is 307 g/mol. The van der Waals surface area contributed by atoms with Crippen molar-refractivity contribution in [3.05, 3.63) is 17.3 Å². The second-order valence-corrected chi connectivity index (χ2v) is 6.71. The van der Waals surface area contributed by atoms with Gasteiger partial charge in [0.1, 0.15) is 0 Å². The van der Waals surface area contributed by atoms with Crippen LogP contribution in [0.3, 0.4) is 0 Å². The molecule has 1 aliphatic carbocycles. The highest BCUT2D eigenvalue weighted by atomic mass is 32.1. The van der Waals surface area contributed by atoms with Crippen LogP contribution in [-0.2, 0) is 0 Å². The fourth-order valence-corrected chi connectivity index (χ4v) is 4.04. The summed E-state index contributed by atoms with van der Waals surface area (Å²) in [7, 11) is 1.98. The van der Waals surface area contributed by atoms with Gasteiger partial charge in [-0.25, -0.2) is 9.78 Å². The molecule has 3 rings (SSSR count). The summed E-state index contributed by atoms with van der Waals surface area (Å²) < 4.78 is 1.68. The molecule has 0 unspecified atom stereocenters.